The highest BCUT2D eigenvalue weighted by molar-refractivity contribution is 7.07. The van der Waals surface area contributed by atoms with Crippen LogP contribution in [-0.2, 0) is 6.18 Å². The summed E-state index contributed by atoms with van der Waals surface area (Å²) in [4.78, 5) is 3.77. The van der Waals surface area contributed by atoms with Crippen molar-refractivity contribution in [2.24, 2.45) is 0 Å². The summed E-state index contributed by atoms with van der Waals surface area (Å²) in [5, 5.41) is 6.58. The number of rotatable bonds is 3. The van der Waals surface area contributed by atoms with Gasteiger partial charge in [-0.05, 0) is 41.4 Å². The minimum absolute atomic E-state index is 0.135. The molecule has 0 aliphatic rings. The summed E-state index contributed by atoms with van der Waals surface area (Å²) in [6.45, 7) is 1.80. The Kier molecular flexibility index (Phi) is 3.56. The number of nitrogens with one attached hydrogen (secondary N) is 1. The topological polar surface area (TPSA) is 24.9 Å². The second-order valence-corrected chi connectivity index (χ2v) is 4.60. The van der Waals surface area contributed by atoms with Crippen LogP contribution in [0.4, 0.5) is 19.0 Å². The van der Waals surface area contributed by atoms with Crippen LogP contribution in [0.5, 0.6) is 0 Å². The number of hydrogen-bond acceptors (Lipinski definition) is 3. The number of thiophene rings is 1. The van der Waals surface area contributed by atoms with E-state index >= 15 is 0 Å². The fourth-order valence-electron chi connectivity index (χ4n) is 1.56. The van der Waals surface area contributed by atoms with Crippen LogP contribution in [0.2, 0.25) is 0 Å². The van der Waals surface area contributed by atoms with E-state index in [2.05, 4.69) is 10.3 Å². The van der Waals surface area contributed by atoms with Crippen LogP contribution in [0.3, 0.4) is 0 Å². The average Bonchev–Trinajstić information content (AvgIpc) is 2.81. The number of anilines is 1. The van der Waals surface area contributed by atoms with Crippen molar-refractivity contribution in [3.05, 3.63) is 46.3 Å². The SMILES string of the molecule is CC(Nc1ncccc1C(F)(F)F)c1ccsc1. The number of halogens is 3. The van der Waals surface area contributed by atoms with Gasteiger partial charge in [0.1, 0.15) is 5.82 Å². The molecule has 0 saturated carbocycles. The maximum Gasteiger partial charge on any atom is 0.419 e. The molecule has 0 amide bonds. The second kappa shape index (κ2) is 4.97. The zero-order valence-corrected chi connectivity index (χ0v) is 10.3. The third-order valence-corrected chi connectivity index (χ3v) is 3.21. The van der Waals surface area contributed by atoms with Gasteiger partial charge in [0.2, 0.25) is 0 Å². The molecule has 0 aromatic carbocycles. The summed E-state index contributed by atoms with van der Waals surface area (Å²) in [7, 11) is 0. The summed E-state index contributed by atoms with van der Waals surface area (Å²) >= 11 is 1.51. The van der Waals surface area contributed by atoms with Gasteiger partial charge in [-0.25, -0.2) is 4.98 Å². The van der Waals surface area contributed by atoms with Crippen molar-refractivity contribution >= 4 is 17.2 Å². The third kappa shape index (κ3) is 2.81. The van der Waals surface area contributed by atoms with Crippen molar-refractivity contribution in [3.8, 4) is 0 Å². The van der Waals surface area contributed by atoms with Gasteiger partial charge in [-0.1, -0.05) is 0 Å². The fraction of sp³-hybridized carbons (Fsp3) is 0.250. The molecule has 1 unspecified atom stereocenters. The summed E-state index contributed by atoms with van der Waals surface area (Å²) in [5.41, 5.74) is 0.200. The normalized spacial score (nSPS) is 13.3. The molecule has 0 radical (unpaired) electrons. The van der Waals surface area contributed by atoms with Crippen LogP contribution in [-0.4, -0.2) is 4.98 Å². The van der Waals surface area contributed by atoms with E-state index in [1.807, 2.05) is 16.8 Å². The first-order chi connectivity index (χ1) is 8.48. The third-order valence-electron chi connectivity index (χ3n) is 2.51. The maximum absolute atomic E-state index is 12.8. The van der Waals surface area contributed by atoms with Gasteiger partial charge >= 0.3 is 6.18 Å². The summed E-state index contributed by atoms with van der Waals surface area (Å²) in [6, 6.07) is 3.96. The van der Waals surface area contributed by atoms with E-state index in [1.54, 1.807) is 6.92 Å². The molecule has 2 aromatic rings. The summed E-state index contributed by atoms with van der Waals surface area (Å²) in [6.07, 6.45) is -3.05. The molecule has 0 fully saturated rings. The molecule has 6 heteroatoms. The number of nitrogens with zero attached hydrogens (tertiary/aromatic N) is 1. The second-order valence-electron chi connectivity index (χ2n) is 3.82. The number of pyridine rings is 1. The molecule has 0 bridgehead atoms. The van der Waals surface area contributed by atoms with Crippen LogP contribution in [0.1, 0.15) is 24.1 Å². The Morgan fingerprint density at radius 3 is 2.72 bits per heavy atom. The molecule has 0 aliphatic carbocycles. The fourth-order valence-corrected chi connectivity index (χ4v) is 2.31. The molecule has 2 aromatic heterocycles. The minimum Gasteiger partial charge on any atom is -0.363 e. The molecule has 1 atom stereocenters. The Hall–Kier alpha value is -1.56. The van der Waals surface area contributed by atoms with E-state index < -0.39 is 11.7 Å². The molecule has 0 spiro atoms. The first kappa shape index (κ1) is 12.9. The van der Waals surface area contributed by atoms with Gasteiger partial charge in [0, 0.05) is 6.20 Å². The molecule has 2 heterocycles. The quantitative estimate of drug-likeness (QED) is 0.899. The Morgan fingerprint density at radius 2 is 2.11 bits per heavy atom. The van der Waals surface area contributed by atoms with Crippen LogP contribution in [0, 0.1) is 0 Å². The van der Waals surface area contributed by atoms with Crippen molar-refractivity contribution in [2.45, 2.75) is 19.1 Å². The highest BCUT2D eigenvalue weighted by Gasteiger charge is 2.34. The molecule has 0 saturated heterocycles. The van der Waals surface area contributed by atoms with Gasteiger partial charge in [0.25, 0.3) is 0 Å². The maximum atomic E-state index is 12.8. The van der Waals surface area contributed by atoms with Gasteiger partial charge in [0.15, 0.2) is 0 Å². The minimum atomic E-state index is -4.40. The van der Waals surface area contributed by atoms with Crippen molar-refractivity contribution in [1.29, 1.82) is 0 Å². The predicted octanol–water partition coefficient (Wildman–Crippen LogP) is 4.34. The van der Waals surface area contributed by atoms with E-state index in [9.17, 15) is 13.2 Å². The summed E-state index contributed by atoms with van der Waals surface area (Å²) < 4.78 is 38.3. The van der Waals surface area contributed by atoms with Crippen molar-refractivity contribution in [1.82, 2.24) is 4.98 Å². The lowest BCUT2D eigenvalue weighted by molar-refractivity contribution is -0.137. The summed E-state index contributed by atoms with van der Waals surface area (Å²) in [5.74, 6) is -0.135. The van der Waals surface area contributed by atoms with Gasteiger partial charge < -0.3 is 5.32 Å². The Balaban J connectivity index is 2.24. The molecule has 2 nitrogen and oxygen atoms in total. The van der Waals surface area contributed by atoms with Crippen molar-refractivity contribution < 1.29 is 13.2 Å². The zero-order chi connectivity index (χ0) is 13.2. The Morgan fingerprint density at radius 1 is 1.33 bits per heavy atom. The standard InChI is InChI=1S/C12H11F3N2S/c1-8(9-4-6-18-7-9)17-11-10(12(13,14)15)3-2-5-16-11/h2-8H,1H3,(H,16,17). The lowest BCUT2D eigenvalue weighted by atomic mass is 10.1. The van der Waals surface area contributed by atoms with E-state index in [0.29, 0.717) is 0 Å². The molecule has 1 N–H and O–H groups in total. The highest BCUT2D eigenvalue weighted by Crippen LogP contribution is 2.34. The molecular formula is C12H11F3N2S. The zero-order valence-electron chi connectivity index (χ0n) is 9.53. The monoisotopic (exact) mass is 272 g/mol. The van der Waals surface area contributed by atoms with Gasteiger partial charge in [-0.2, -0.15) is 24.5 Å². The average molecular weight is 272 g/mol. The first-order valence-electron chi connectivity index (χ1n) is 5.29. The highest BCUT2D eigenvalue weighted by atomic mass is 32.1. The van der Waals surface area contributed by atoms with Crippen molar-refractivity contribution in [2.75, 3.05) is 5.32 Å². The Bertz CT molecular complexity index is 508. The first-order valence-corrected chi connectivity index (χ1v) is 6.23. The number of aromatic nitrogens is 1. The van der Waals surface area contributed by atoms with Crippen LogP contribution in [0.15, 0.2) is 35.2 Å². The molecule has 18 heavy (non-hydrogen) atoms. The number of alkyl halides is 3. The van der Waals surface area contributed by atoms with Gasteiger partial charge in [0.05, 0.1) is 11.6 Å². The van der Waals surface area contributed by atoms with Crippen LogP contribution < -0.4 is 5.32 Å². The lowest BCUT2D eigenvalue weighted by Gasteiger charge is -2.17. The van der Waals surface area contributed by atoms with Gasteiger partial charge in [-0.3, -0.25) is 0 Å². The molecule has 96 valence electrons. The van der Waals surface area contributed by atoms with E-state index in [4.69, 9.17) is 0 Å². The van der Waals surface area contributed by atoms with Crippen LogP contribution >= 0.6 is 11.3 Å². The smallest absolute Gasteiger partial charge is 0.363 e. The molecule has 0 aliphatic heterocycles. The number of hydrogen-bond donors (Lipinski definition) is 1. The molecular weight excluding hydrogens is 261 g/mol. The van der Waals surface area contributed by atoms with E-state index in [1.165, 1.54) is 23.6 Å². The van der Waals surface area contributed by atoms with E-state index in [-0.39, 0.29) is 11.9 Å². The van der Waals surface area contributed by atoms with Crippen LogP contribution in [0.25, 0.3) is 0 Å². The van der Waals surface area contributed by atoms with Gasteiger partial charge in [-0.15, -0.1) is 0 Å². The largest absolute Gasteiger partial charge is 0.419 e. The Labute approximate surface area is 106 Å². The molecule has 2 rings (SSSR count). The van der Waals surface area contributed by atoms with E-state index in [0.717, 1.165) is 11.6 Å². The lowest BCUT2D eigenvalue weighted by Crippen LogP contribution is -2.14. The predicted molar refractivity (Wildman–Crippen MR) is 65.6 cm³/mol. The van der Waals surface area contributed by atoms with Crippen molar-refractivity contribution in [3.63, 3.8) is 0 Å².